The first-order chi connectivity index (χ1) is 13.5. The average Bonchev–Trinajstić information content (AvgIpc) is 2.71. The molecule has 0 aliphatic rings. The number of benzene rings is 2. The Bertz CT molecular complexity index is 714. The molecule has 2 aromatic rings. The van der Waals surface area contributed by atoms with E-state index in [-0.39, 0.29) is 12.1 Å². The van der Waals surface area contributed by atoms with Crippen LogP contribution in [0.5, 0.6) is 0 Å². The highest BCUT2D eigenvalue weighted by molar-refractivity contribution is 5.74. The quantitative estimate of drug-likeness (QED) is 0.660. The van der Waals surface area contributed by atoms with Crippen molar-refractivity contribution in [2.24, 2.45) is 0 Å². The molecular weight excluding hydrogens is 348 g/mol. The number of hydrogen-bond donors (Lipinski definition) is 2. The van der Waals surface area contributed by atoms with Crippen LogP contribution in [0.15, 0.2) is 54.6 Å². The SMILES string of the molecule is CCN(CC)Cc1ccccc1CNC(=O)NC(CN(C)C)c1ccccc1. The Morgan fingerprint density at radius 1 is 0.929 bits per heavy atom. The van der Waals surface area contributed by atoms with Crippen LogP contribution in [-0.2, 0) is 13.1 Å². The van der Waals surface area contributed by atoms with Gasteiger partial charge in [-0.3, -0.25) is 4.90 Å². The van der Waals surface area contributed by atoms with E-state index in [0.29, 0.717) is 6.54 Å². The van der Waals surface area contributed by atoms with Gasteiger partial charge in [0.25, 0.3) is 0 Å². The van der Waals surface area contributed by atoms with E-state index in [4.69, 9.17) is 0 Å². The molecule has 152 valence electrons. The van der Waals surface area contributed by atoms with Crippen molar-refractivity contribution in [2.75, 3.05) is 33.7 Å². The Morgan fingerprint density at radius 3 is 2.14 bits per heavy atom. The minimum atomic E-state index is -0.145. The summed E-state index contributed by atoms with van der Waals surface area (Å²) in [6, 6.07) is 18.2. The number of carbonyl (C=O) groups is 1. The number of hydrogen-bond acceptors (Lipinski definition) is 3. The predicted octanol–water partition coefficient (Wildman–Crippen LogP) is 3.63. The Kier molecular flexibility index (Phi) is 8.98. The van der Waals surface area contributed by atoms with Crippen LogP contribution in [0.4, 0.5) is 4.79 Å². The number of nitrogens with zero attached hydrogens (tertiary/aromatic N) is 2. The van der Waals surface area contributed by atoms with Gasteiger partial charge in [0, 0.05) is 19.6 Å². The van der Waals surface area contributed by atoms with Crippen LogP contribution in [0.2, 0.25) is 0 Å². The number of rotatable bonds is 10. The maximum atomic E-state index is 12.6. The van der Waals surface area contributed by atoms with Crippen LogP contribution < -0.4 is 10.6 Å². The molecular formula is C23H34N4O. The molecule has 2 aromatic carbocycles. The van der Waals surface area contributed by atoms with Crippen LogP contribution in [-0.4, -0.2) is 49.6 Å². The van der Waals surface area contributed by atoms with E-state index in [1.165, 1.54) is 5.56 Å². The standard InChI is InChI=1S/C23H34N4O/c1-5-27(6-2)17-21-15-11-10-14-20(21)16-24-23(28)25-22(18-26(3)4)19-12-8-7-9-13-19/h7-15,22H,5-6,16-18H2,1-4H3,(H2,24,25,28). The van der Waals surface area contributed by atoms with Crippen molar-refractivity contribution < 1.29 is 4.79 Å². The lowest BCUT2D eigenvalue weighted by atomic mass is 10.1. The van der Waals surface area contributed by atoms with E-state index in [1.807, 2.05) is 50.5 Å². The Hall–Kier alpha value is -2.37. The number of urea groups is 1. The first kappa shape index (κ1) is 21.9. The zero-order chi connectivity index (χ0) is 20.4. The van der Waals surface area contributed by atoms with Crippen molar-refractivity contribution in [3.05, 3.63) is 71.3 Å². The second kappa shape index (κ2) is 11.5. The molecule has 0 spiro atoms. The molecule has 2 rings (SSSR count). The first-order valence-electron chi connectivity index (χ1n) is 10.1. The van der Waals surface area contributed by atoms with E-state index in [1.54, 1.807) is 0 Å². The fourth-order valence-corrected chi connectivity index (χ4v) is 3.24. The van der Waals surface area contributed by atoms with Crippen molar-refractivity contribution in [2.45, 2.75) is 33.0 Å². The Morgan fingerprint density at radius 2 is 1.54 bits per heavy atom. The summed E-state index contributed by atoms with van der Waals surface area (Å²) in [7, 11) is 4.03. The molecule has 0 bridgehead atoms. The highest BCUT2D eigenvalue weighted by Crippen LogP contribution is 2.14. The van der Waals surface area contributed by atoms with Gasteiger partial charge in [-0.2, -0.15) is 0 Å². The molecule has 1 atom stereocenters. The van der Waals surface area contributed by atoms with Gasteiger partial charge in [0.2, 0.25) is 0 Å². The second-order valence-electron chi connectivity index (χ2n) is 7.28. The number of likely N-dealkylation sites (N-methyl/N-ethyl adjacent to an activating group) is 1. The minimum absolute atomic E-state index is 0.0536. The fraction of sp³-hybridized carbons (Fsp3) is 0.435. The van der Waals surface area contributed by atoms with E-state index in [9.17, 15) is 4.79 Å². The third kappa shape index (κ3) is 6.98. The molecule has 0 radical (unpaired) electrons. The molecule has 0 fully saturated rings. The lowest BCUT2D eigenvalue weighted by Gasteiger charge is -2.23. The highest BCUT2D eigenvalue weighted by Gasteiger charge is 2.15. The molecule has 0 heterocycles. The van der Waals surface area contributed by atoms with Gasteiger partial charge >= 0.3 is 6.03 Å². The summed E-state index contributed by atoms with van der Waals surface area (Å²) in [5.41, 5.74) is 3.53. The maximum Gasteiger partial charge on any atom is 0.315 e. The summed E-state index contributed by atoms with van der Waals surface area (Å²) in [6.45, 7) is 8.55. The van der Waals surface area contributed by atoms with Crippen molar-refractivity contribution >= 4 is 6.03 Å². The molecule has 1 unspecified atom stereocenters. The molecule has 0 aliphatic heterocycles. The van der Waals surface area contributed by atoms with Crippen LogP contribution in [0, 0.1) is 0 Å². The van der Waals surface area contributed by atoms with Gasteiger partial charge in [-0.05, 0) is 43.9 Å². The number of carbonyl (C=O) groups excluding carboxylic acids is 1. The van der Waals surface area contributed by atoms with Gasteiger partial charge in [0.1, 0.15) is 0 Å². The lowest BCUT2D eigenvalue weighted by Crippen LogP contribution is -2.41. The van der Waals surface area contributed by atoms with Gasteiger partial charge in [0.05, 0.1) is 6.04 Å². The van der Waals surface area contributed by atoms with Gasteiger partial charge in [-0.25, -0.2) is 4.79 Å². The van der Waals surface area contributed by atoms with Crippen LogP contribution in [0.25, 0.3) is 0 Å². The van der Waals surface area contributed by atoms with Crippen molar-refractivity contribution in [3.8, 4) is 0 Å². The third-order valence-corrected chi connectivity index (χ3v) is 4.90. The van der Waals surface area contributed by atoms with Crippen LogP contribution in [0.3, 0.4) is 0 Å². The fourth-order valence-electron chi connectivity index (χ4n) is 3.24. The monoisotopic (exact) mass is 382 g/mol. The normalized spacial score (nSPS) is 12.2. The summed E-state index contributed by atoms with van der Waals surface area (Å²) in [5, 5.41) is 6.15. The smallest absolute Gasteiger partial charge is 0.315 e. The Balaban J connectivity index is 1.99. The number of amides is 2. The molecule has 0 saturated carbocycles. The van der Waals surface area contributed by atoms with Crippen molar-refractivity contribution in [1.82, 2.24) is 20.4 Å². The topological polar surface area (TPSA) is 47.6 Å². The largest absolute Gasteiger partial charge is 0.334 e. The highest BCUT2D eigenvalue weighted by atomic mass is 16.2. The van der Waals surface area contributed by atoms with Gasteiger partial charge in [-0.1, -0.05) is 68.4 Å². The summed E-state index contributed by atoms with van der Waals surface area (Å²) >= 11 is 0. The summed E-state index contributed by atoms with van der Waals surface area (Å²) in [4.78, 5) is 17.0. The summed E-state index contributed by atoms with van der Waals surface area (Å²) in [5.74, 6) is 0. The zero-order valence-electron chi connectivity index (χ0n) is 17.6. The Labute approximate surface area is 169 Å². The first-order valence-corrected chi connectivity index (χ1v) is 10.1. The van der Waals surface area contributed by atoms with Gasteiger partial charge < -0.3 is 15.5 Å². The summed E-state index contributed by atoms with van der Waals surface area (Å²) < 4.78 is 0. The molecule has 2 amide bonds. The zero-order valence-corrected chi connectivity index (χ0v) is 17.6. The van der Waals surface area contributed by atoms with Crippen molar-refractivity contribution in [1.29, 1.82) is 0 Å². The number of nitrogens with one attached hydrogen (secondary N) is 2. The average molecular weight is 383 g/mol. The van der Waals surface area contributed by atoms with Gasteiger partial charge in [-0.15, -0.1) is 0 Å². The third-order valence-electron chi connectivity index (χ3n) is 4.90. The van der Waals surface area contributed by atoms with E-state index < -0.39 is 0 Å². The van der Waals surface area contributed by atoms with E-state index in [0.717, 1.165) is 37.3 Å². The molecule has 0 aliphatic carbocycles. The molecule has 2 N–H and O–H groups in total. The molecule has 28 heavy (non-hydrogen) atoms. The predicted molar refractivity (Wildman–Crippen MR) is 116 cm³/mol. The van der Waals surface area contributed by atoms with Gasteiger partial charge in [0.15, 0.2) is 0 Å². The van der Waals surface area contributed by atoms with E-state index in [2.05, 4.69) is 52.5 Å². The molecule has 5 heteroatoms. The van der Waals surface area contributed by atoms with Crippen LogP contribution >= 0.6 is 0 Å². The maximum absolute atomic E-state index is 12.6. The minimum Gasteiger partial charge on any atom is -0.334 e. The van der Waals surface area contributed by atoms with E-state index >= 15 is 0 Å². The second-order valence-corrected chi connectivity index (χ2v) is 7.28. The summed E-state index contributed by atoms with van der Waals surface area (Å²) in [6.07, 6.45) is 0. The lowest BCUT2D eigenvalue weighted by molar-refractivity contribution is 0.232. The molecule has 0 saturated heterocycles. The van der Waals surface area contributed by atoms with Crippen molar-refractivity contribution in [3.63, 3.8) is 0 Å². The van der Waals surface area contributed by atoms with Crippen LogP contribution in [0.1, 0.15) is 36.6 Å². The molecule has 0 aromatic heterocycles. The molecule has 5 nitrogen and oxygen atoms in total.